The number of nitrogens with one attached hydrogen (secondary N) is 2. The van der Waals surface area contributed by atoms with Gasteiger partial charge in [-0.05, 0) is 51.5 Å². The number of hydrogen-bond donors (Lipinski definition) is 2. The van der Waals surface area contributed by atoms with Gasteiger partial charge in [0.1, 0.15) is 0 Å². The third-order valence-corrected chi connectivity index (χ3v) is 4.90. The van der Waals surface area contributed by atoms with Crippen molar-refractivity contribution in [1.29, 1.82) is 0 Å². The molecule has 1 saturated carbocycles. The Morgan fingerprint density at radius 1 is 1.11 bits per heavy atom. The normalized spacial score (nSPS) is 35.3. The Hall–Kier alpha value is -0.0800. The quantitative estimate of drug-likeness (QED) is 0.783. The lowest BCUT2D eigenvalue weighted by atomic mass is 9.77. The van der Waals surface area contributed by atoms with Crippen LogP contribution in [0.2, 0.25) is 0 Å². The standard InChI is InChI=1S/C16H32N2/c1-3-8-13(2)18-16-11-5-4-9-14(16)15-10-6-7-12-17-15/h13-18H,3-12H2,1-2H3. The lowest BCUT2D eigenvalue weighted by molar-refractivity contribution is 0.172. The van der Waals surface area contributed by atoms with E-state index in [4.69, 9.17) is 0 Å². The molecule has 0 bridgehead atoms. The molecule has 4 atom stereocenters. The monoisotopic (exact) mass is 252 g/mol. The molecule has 0 radical (unpaired) electrons. The third-order valence-electron chi connectivity index (χ3n) is 4.90. The Morgan fingerprint density at radius 2 is 1.89 bits per heavy atom. The molecule has 2 rings (SSSR count). The van der Waals surface area contributed by atoms with E-state index in [1.807, 2.05) is 0 Å². The van der Waals surface area contributed by atoms with Gasteiger partial charge in [-0.25, -0.2) is 0 Å². The second-order valence-electron chi connectivity index (χ2n) is 6.47. The third kappa shape index (κ3) is 3.96. The van der Waals surface area contributed by atoms with E-state index in [9.17, 15) is 0 Å². The molecule has 1 aliphatic heterocycles. The maximum atomic E-state index is 3.93. The average Bonchev–Trinajstić information content (AvgIpc) is 2.40. The van der Waals surface area contributed by atoms with Crippen LogP contribution < -0.4 is 10.6 Å². The molecule has 0 aromatic rings. The minimum atomic E-state index is 0.698. The predicted molar refractivity (Wildman–Crippen MR) is 78.9 cm³/mol. The highest BCUT2D eigenvalue weighted by atomic mass is 15.0. The molecule has 2 fully saturated rings. The first-order valence-electron chi connectivity index (χ1n) is 8.30. The fourth-order valence-electron chi connectivity index (χ4n) is 3.97. The molecule has 0 aromatic carbocycles. The summed E-state index contributed by atoms with van der Waals surface area (Å²) in [5, 5.41) is 7.71. The van der Waals surface area contributed by atoms with Gasteiger partial charge in [-0.15, -0.1) is 0 Å². The summed E-state index contributed by atoms with van der Waals surface area (Å²) >= 11 is 0. The SMILES string of the molecule is CCCC(C)NC1CCCCC1C1CCCCN1. The van der Waals surface area contributed by atoms with Crippen LogP contribution in [0.4, 0.5) is 0 Å². The second-order valence-corrected chi connectivity index (χ2v) is 6.47. The van der Waals surface area contributed by atoms with Crippen molar-refractivity contribution in [1.82, 2.24) is 10.6 Å². The Kier molecular flexibility index (Phi) is 5.97. The van der Waals surface area contributed by atoms with Gasteiger partial charge in [0.25, 0.3) is 0 Å². The smallest absolute Gasteiger partial charge is 0.0113 e. The first-order valence-corrected chi connectivity index (χ1v) is 8.30. The minimum Gasteiger partial charge on any atom is -0.314 e. The van der Waals surface area contributed by atoms with Crippen molar-refractivity contribution in [2.45, 2.75) is 89.8 Å². The van der Waals surface area contributed by atoms with Crippen LogP contribution in [0.25, 0.3) is 0 Å². The Labute approximate surface area is 113 Å². The molecule has 2 heteroatoms. The maximum Gasteiger partial charge on any atom is 0.0113 e. The summed E-state index contributed by atoms with van der Waals surface area (Å²) in [6.07, 6.45) is 12.6. The summed E-state index contributed by atoms with van der Waals surface area (Å²) in [6, 6.07) is 2.27. The van der Waals surface area contributed by atoms with E-state index in [1.54, 1.807) is 0 Å². The van der Waals surface area contributed by atoms with Crippen LogP contribution in [0.1, 0.15) is 71.6 Å². The molecule has 0 spiro atoms. The lowest BCUT2D eigenvalue weighted by Crippen LogP contribution is -2.52. The summed E-state index contributed by atoms with van der Waals surface area (Å²) in [5.41, 5.74) is 0. The van der Waals surface area contributed by atoms with Crippen LogP contribution >= 0.6 is 0 Å². The van der Waals surface area contributed by atoms with Gasteiger partial charge >= 0.3 is 0 Å². The highest BCUT2D eigenvalue weighted by molar-refractivity contribution is 4.91. The molecule has 2 aliphatic rings. The van der Waals surface area contributed by atoms with Gasteiger partial charge in [0.15, 0.2) is 0 Å². The first kappa shape index (κ1) is 14.3. The van der Waals surface area contributed by atoms with Crippen LogP contribution in [0.3, 0.4) is 0 Å². The van der Waals surface area contributed by atoms with Gasteiger partial charge < -0.3 is 10.6 Å². The van der Waals surface area contributed by atoms with Gasteiger partial charge in [-0.1, -0.05) is 32.6 Å². The molecule has 4 unspecified atom stereocenters. The fourth-order valence-corrected chi connectivity index (χ4v) is 3.97. The summed E-state index contributed by atoms with van der Waals surface area (Å²) < 4.78 is 0. The maximum absolute atomic E-state index is 3.93. The van der Waals surface area contributed by atoms with Crippen molar-refractivity contribution in [3.05, 3.63) is 0 Å². The molecule has 106 valence electrons. The van der Waals surface area contributed by atoms with Crippen LogP contribution in [0.15, 0.2) is 0 Å². The van der Waals surface area contributed by atoms with E-state index in [0.29, 0.717) is 6.04 Å². The zero-order valence-corrected chi connectivity index (χ0v) is 12.4. The van der Waals surface area contributed by atoms with Crippen LogP contribution in [-0.4, -0.2) is 24.7 Å². The van der Waals surface area contributed by atoms with Crippen molar-refractivity contribution in [2.24, 2.45) is 5.92 Å². The largest absolute Gasteiger partial charge is 0.314 e. The van der Waals surface area contributed by atoms with Gasteiger partial charge in [-0.3, -0.25) is 0 Å². The zero-order valence-electron chi connectivity index (χ0n) is 12.4. The lowest BCUT2D eigenvalue weighted by Gasteiger charge is -2.41. The van der Waals surface area contributed by atoms with Crippen molar-refractivity contribution in [2.75, 3.05) is 6.54 Å². The zero-order chi connectivity index (χ0) is 12.8. The van der Waals surface area contributed by atoms with Crippen molar-refractivity contribution in [3.8, 4) is 0 Å². The molecule has 0 amide bonds. The summed E-state index contributed by atoms with van der Waals surface area (Å²) in [7, 11) is 0. The number of rotatable bonds is 5. The topological polar surface area (TPSA) is 24.1 Å². The molecule has 1 heterocycles. The molecule has 18 heavy (non-hydrogen) atoms. The van der Waals surface area contributed by atoms with Crippen molar-refractivity contribution in [3.63, 3.8) is 0 Å². The van der Waals surface area contributed by atoms with E-state index in [0.717, 1.165) is 18.0 Å². The first-order chi connectivity index (χ1) is 8.81. The van der Waals surface area contributed by atoms with Crippen LogP contribution in [0.5, 0.6) is 0 Å². The fraction of sp³-hybridized carbons (Fsp3) is 1.00. The van der Waals surface area contributed by atoms with E-state index in [1.165, 1.54) is 64.3 Å². The van der Waals surface area contributed by atoms with Crippen molar-refractivity contribution >= 4 is 0 Å². The van der Waals surface area contributed by atoms with Crippen LogP contribution in [0, 0.1) is 5.92 Å². The van der Waals surface area contributed by atoms with E-state index in [2.05, 4.69) is 24.5 Å². The molecular formula is C16H32N2. The summed E-state index contributed by atoms with van der Waals surface area (Å²) in [6.45, 7) is 5.90. The van der Waals surface area contributed by atoms with Gasteiger partial charge in [-0.2, -0.15) is 0 Å². The van der Waals surface area contributed by atoms with Gasteiger partial charge in [0, 0.05) is 18.1 Å². The summed E-state index contributed by atoms with van der Waals surface area (Å²) in [5.74, 6) is 0.887. The predicted octanol–water partition coefficient (Wildman–Crippen LogP) is 3.47. The number of hydrogen-bond acceptors (Lipinski definition) is 2. The summed E-state index contributed by atoms with van der Waals surface area (Å²) in [4.78, 5) is 0. The molecule has 1 aliphatic carbocycles. The highest BCUT2D eigenvalue weighted by Crippen LogP contribution is 2.30. The second kappa shape index (κ2) is 7.49. The minimum absolute atomic E-state index is 0.698. The van der Waals surface area contributed by atoms with E-state index >= 15 is 0 Å². The molecule has 2 nitrogen and oxygen atoms in total. The van der Waals surface area contributed by atoms with E-state index < -0.39 is 0 Å². The molecule has 0 aromatic heterocycles. The Bertz CT molecular complexity index is 223. The molecule has 1 saturated heterocycles. The van der Waals surface area contributed by atoms with E-state index in [-0.39, 0.29) is 0 Å². The average molecular weight is 252 g/mol. The Balaban J connectivity index is 1.88. The Morgan fingerprint density at radius 3 is 2.61 bits per heavy atom. The molecule has 2 N–H and O–H groups in total. The van der Waals surface area contributed by atoms with Crippen molar-refractivity contribution < 1.29 is 0 Å². The van der Waals surface area contributed by atoms with Gasteiger partial charge in [0.05, 0.1) is 0 Å². The highest BCUT2D eigenvalue weighted by Gasteiger charge is 2.32. The van der Waals surface area contributed by atoms with Gasteiger partial charge in [0.2, 0.25) is 0 Å². The van der Waals surface area contributed by atoms with Crippen LogP contribution in [-0.2, 0) is 0 Å². The number of piperidine rings is 1. The molecular weight excluding hydrogens is 220 g/mol.